The van der Waals surface area contributed by atoms with E-state index in [0.29, 0.717) is 22.7 Å². The van der Waals surface area contributed by atoms with Gasteiger partial charge in [0.05, 0.1) is 24.3 Å². The van der Waals surface area contributed by atoms with Gasteiger partial charge in [0, 0.05) is 17.3 Å². The number of benzene rings is 3. The minimum Gasteiger partial charge on any atom is -0.497 e. The minimum atomic E-state index is -0.993. The summed E-state index contributed by atoms with van der Waals surface area (Å²) < 4.78 is 16.1. The molecule has 0 aliphatic rings. The highest BCUT2D eigenvalue weighted by molar-refractivity contribution is 5.97. The summed E-state index contributed by atoms with van der Waals surface area (Å²) in [5.74, 6) is 0.0614. The van der Waals surface area contributed by atoms with Crippen LogP contribution in [0.3, 0.4) is 0 Å². The van der Waals surface area contributed by atoms with Gasteiger partial charge in [-0.1, -0.05) is 24.3 Å². The second kappa shape index (κ2) is 10.6. The fourth-order valence-electron chi connectivity index (χ4n) is 2.83. The molecule has 1 amide bonds. The molecule has 0 saturated heterocycles. The molecule has 0 aliphatic carbocycles. The Hall–Kier alpha value is -4.31. The first-order valence-electron chi connectivity index (χ1n) is 9.87. The van der Waals surface area contributed by atoms with Crippen LogP contribution in [0, 0.1) is 11.3 Å². The summed E-state index contributed by atoms with van der Waals surface area (Å²) in [7, 11) is 1.53. The molecule has 3 rings (SSSR count). The van der Waals surface area contributed by atoms with Crippen molar-refractivity contribution in [3.05, 3.63) is 89.5 Å². The van der Waals surface area contributed by atoms with E-state index in [1.54, 1.807) is 60.7 Å². The average Bonchev–Trinajstić information content (AvgIpc) is 2.83. The Morgan fingerprint density at radius 3 is 2.47 bits per heavy atom. The van der Waals surface area contributed by atoms with Crippen LogP contribution >= 0.6 is 0 Å². The van der Waals surface area contributed by atoms with E-state index >= 15 is 0 Å². The van der Waals surface area contributed by atoms with Crippen LogP contribution in [-0.2, 0) is 16.1 Å². The topological polar surface area (TPSA) is 97.7 Å². The van der Waals surface area contributed by atoms with Gasteiger partial charge in [0.25, 0.3) is 5.91 Å². The molecule has 0 fully saturated rings. The minimum absolute atomic E-state index is 0.231. The van der Waals surface area contributed by atoms with Crippen LogP contribution in [0.15, 0.2) is 72.8 Å². The Bertz CT molecular complexity index is 1140. The first-order valence-corrected chi connectivity index (χ1v) is 9.87. The number of methoxy groups -OCH3 is 1. The van der Waals surface area contributed by atoms with Crippen LogP contribution in [0.2, 0.25) is 0 Å². The molecule has 0 radical (unpaired) electrons. The first kappa shape index (κ1) is 22.4. The van der Waals surface area contributed by atoms with E-state index in [1.165, 1.54) is 14.0 Å². The Kier molecular flexibility index (Phi) is 7.44. The molecule has 0 aliphatic heterocycles. The molecule has 7 heteroatoms. The summed E-state index contributed by atoms with van der Waals surface area (Å²) in [5, 5.41) is 11.8. The quantitative estimate of drug-likeness (QED) is 0.534. The molecule has 0 spiro atoms. The molecule has 7 nitrogen and oxygen atoms in total. The van der Waals surface area contributed by atoms with E-state index in [1.807, 2.05) is 12.1 Å². The Morgan fingerprint density at radius 2 is 1.75 bits per heavy atom. The zero-order chi connectivity index (χ0) is 22.9. The number of amides is 1. The van der Waals surface area contributed by atoms with Crippen molar-refractivity contribution in [2.24, 2.45) is 0 Å². The molecule has 3 aromatic rings. The maximum Gasteiger partial charge on any atom is 0.338 e. The number of nitrogens with one attached hydrogen (secondary N) is 1. The van der Waals surface area contributed by atoms with Gasteiger partial charge < -0.3 is 19.5 Å². The van der Waals surface area contributed by atoms with Gasteiger partial charge in [-0.25, -0.2) is 4.79 Å². The summed E-state index contributed by atoms with van der Waals surface area (Å²) in [6.07, 6.45) is -0.993. The number of nitriles is 1. The summed E-state index contributed by atoms with van der Waals surface area (Å²) >= 11 is 0. The van der Waals surface area contributed by atoms with Gasteiger partial charge >= 0.3 is 5.97 Å². The zero-order valence-electron chi connectivity index (χ0n) is 17.7. The number of nitrogens with zero attached hydrogens (tertiary/aromatic N) is 1. The number of carbonyl (C=O) groups excluding carboxylic acids is 2. The smallest absolute Gasteiger partial charge is 0.338 e. The van der Waals surface area contributed by atoms with Gasteiger partial charge in [-0.15, -0.1) is 0 Å². The number of ether oxygens (including phenoxy) is 3. The van der Waals surface area contributed by atoms with Crippen molar-refractivity contribution in [1.82, 2.24) is 0 Å². The fraction of sp³-hybridized carbons (Fsp3) is 0.160. The predicted molar refractivity (Wildman–Crippen MR) is 118 cm³/mol. The Morgan fingerprint density at radius 1 is 1.00 bits per heavy atom. The maximum atomic E-state index is 12.4. The SMILES string of the molecule is COc1cccc(NC(=O)C(C)OC(=O)c2ccc(OCc3ccccc3C#N)cc2)c1. The highest BCUT2D eigenvalue weighted by Crippen LogP contribution is 2.19. The first-order chi connectivity index (χ1) is 15.5. The molecule has 32 heavy (non-hydrogen) atoms. The van der Waals surface area contributed by atoms with E-state index in [-0.39, 0.29) is 12.2 Å². The molecule has 1 atom stereocenters. The van der Waals surface area contributed by atoms with Crippen LogP contribution in [0.1, 0.15) is 28.4 Å². The lowest BCUT2D eigenvalue weighted by Crippen LogP contribution is -2.30. The van der Waals surface area contributed by atoms with Gasteiger partial charge in [0.15, 0.2) is 6.10 Å². The summed E-state index contributed by atoms with van der Waals surface area (Å²) in [6, 6.07) is 22.6. The number of rotatable bonds is 8. The number of hydrogen-bond donors (Lipinski definition) is 1. The molecular formula is C25H22N2O5. The van der Waals surface area contributed by atoms with Gasteiger partial charge in [0.1, 0.15) is 18.1 Å². The highest BCUT2D eigenvalue weighted by atomic mass is 16.5. The molecule has 0 aromatic heterocycles. The molecule has 0 saturated carbocycles. The molecule has 0 heterocycles. The highest BCUT2D eigenvalue weighted by Gasteiger charge is 2.19. The zero-order valence-corrected chi connectivity index (χ0v) is 17.7. The normalized spacial score (nSPS) is 11.0. The van der Waals surface area contributed by atoms with Crippen LogP contribution in [0.4, 0.5) is 5.69 Å². The fourth-order valence-corrected chi connectivity index (χ4v) is 2.83. The molecular weight excluding hydrogens is 408 g/mol. The van der Waals surface area contributed by atoms with E-state index in [9.17, 15) is 9.59 Å². The van der Waals surface area contributed by atoms with Crippen molar-refractivity contribution in [2.75, 3.05) is 12.4 Å². The van der Waals surface area contributed by atoms with E-state index < -0.39 is 18.0 Å². The lowest BCUT2D eigenvalue weighted by molar-refractivity contribution is -0.123. The summed E-state index contributed by atoms with van der Waals surface area (Å²) in [4.78, 5) is 24.7. The standard InChI is InChI=1S/C25H22N2O5/c1-17(24(28)27-21-8-5-9-23(14-21)30-2)32-25(29)18-10-12-22(13-11-18)31-16-20-7-4-3-6-19(20)15-26/h3-14,17H,16H2,1-2H3,(H,27,28). The summed E-state index contributed by atoms with van der Waals surface area (Å²) in [6.45, 7) is 1.73. The molecule has 0 bridgehead atoms. The Labute approximate surface area is 186 Å². The van der Waals surface area contributed by atoms with Gasteiger partial charge in [-0.3, -0.25) is 4.79 Å². The van der Waals surface area contributed by atoms with Gasteiger partial charge in [-0.05, 0) is 49.4 Å². The third-order valence-electron chi connectivity index (χ3n) is 4.61. The summed E-state index contributed by atoms with van der Waals surface area (Å²) in [5.41, 5.74) is 2.15. The lowest BCUT2D eigenvalue weighted by Gasteiger charge is -2.14. The van der Waals surface area contributed by atoms with E-state index in [0.717, 1.165) is 5.56 Å². The predicted octanol–water partition coefficient (Wildman–Crippen LogP) is 4.33. The number of anilines is 1. The van der Waals surface area contributed by atoms with E-state index in [2.05, 4.69) is 11.4 Å². The number of hydrogen-bond acceptors (Lipinski definition) is 6. The molecule has 162 valence electrons. The van der Waals surface area contributed by atoms with Gasteiger partial charge in [0.2, 0.25) is 0 Å². The monoisotopic (exact) mass is 430 g/mol. The molecule has 3 aromatic carbocycles. The van der Waals surface area contributed by atoms with Crippen molar-refractivity contribution < 1.29 is 23.8 Å². The number of esters is 1. The Balaban J connectivity index is 1.54. The van der Waals surface area contributed by atoms with Crippen LogP contribution in [-0.4, -0.2) is 25.1 Å². The van der Waals surface area contributed by atoms with Crippen LogP contribution < -0.4 is 14.8 Å². The van der Waals surface area contributed by atoms with Crippen molar-refractivity contribution in [1.29, 1.82) is 5.26 Å². The van der Waals surface area contributed by atoms with E-state index in [4.69, 9.17) is 19.5 Å². The third kappa shape index (κ3) is 5.86. The van der Waals surface area contributed by atoms with Crippen LogP contribution in [0.25, 0.3) is 0 Å². The average molecular weight is 430 g/mol. The molecule has 1 unspecified atom stereocenters. The second-order valence-corrected chi connectivity index (χ2v) is 6.85. The van der Waals surface area contributed by atoms with Gasteiger partial charge in [-0.2, -0.15) is 5.26 Å². The largest absolute Gasteiger partial charge is 0.497 e. The van der Waals surface area contributed by atoms with Crippen molar-refractivity contribution in [3.63, 3.8) is 0 Å². The third-order valence-corrected chi connectivity index (χ3v) is 4.61. The lowest BCUT2D eigenvalue weighted by atomic mass is 10.1. The van der Waals surface area contributed by atoms with Crippen molar-refractivity contribution in [3.8, 4) is 17.6 Å². The number of carbonyl (C=O) groups is 2. The second-order valence-electron chi connectivity index (χ2n) is 6.85. The molecule has 1 N–H and O–H groups in total. The van der Waals surface area contributed by atoms with Crippen molar-refractivity contribution >= 4 is 17.6 Å². The van der Waals surface area contributed by atoms with Crippen molar-refractivity contribution in [2.45, 2.75) is 19.6 Å². The maximum absolute atomic E-state index is 12.4. The van der Waals surface area contributed by atoms with Crippen LogP contribution in [0.5, 0.6) is 11.5 Å².